The summed E-state index contributed by atoms with van der Waals surface area (Å²) in [7, 11) is 4.62. The van der Waals surface area contributed by atoms with E-state index < -0.39 is 11.2 Å². The SMILES string of the molecule is COc1cccc(N2CCN(C(=O)c3ccc(Cn4c(=O)[nH]c5cc(OC)c(OC)cc5c4=O)cc3)CC2)c1. The third-order valence-electron chi connectivity index (χ3n) is 7.01. The Balaban J connectivity index is 1.28. The Labute approximate surface area is 225 Å². The van der Waals surface area contributed by atoms with Gasteiger partial charge in [-0.15, -0.1) is 0 Å². The van der Waals surface area contributed by atoms with E-state index in [-0.39, 0.29) is 12.5 Å². The Morgan fingerprint density at radius 1 is 0.846 bits per heavy atom. The maximum atomic E-state index is 13.1. The number of nitrogens with zero attached hydrogens (tertiary/aromatic N) is 3. The van der Waals surface area contributed by atoms with Crippen LogP contribution < -0.4 is 30.4 Å². The summed E-state index contributed by atoms with van der Waals surface area (Å²) in [4.78, 5) is 45.8. The van der Waals surface area contributed by atoms with Gasteiger partial charge in [0.2, 0.25) is 0 Å². The third kappa shape index (κ3) is 5.18. The fourth-order valence-corrected chi connectivity index (χ4v) is 4.82. The number of carbonyl (C=O) groups is 1. The second kappa shape index (κ2) is 10.9. The van der Waals surface area contributed by atoms with Crippen molar-refractivity contribution in [3.05, 3.63) is 92.6 Å². The van der Waals surface area contributed by atoms with Crippen molar-refractivity contribution in [2.45, 2.75) is 6.54 Å². The van der Waals surface area contributed by atoms with Crippen LogP contribution in [0, 0.1) is 0 Å². The average molecular weight is 531 g/mol. The number of rotatable bonds is 7. The minimum absolute atomic E-state index is 0.0476. The lowest BCUT2D eigenvalue weighted by Crippen LogP contribution is -2.48. The zero-order valence-electron chi connectivity index (χ0n) is 22.1. The number of hydrogen-bond acceptors (Lipinski definition) is 7. The van der Waals surface area contributed by atoms with Crippen molar-refractivity contribution in [1.82, 2.24) is 14.5 Å². The van der Waals surface area contributed by atoms with Crippen molar-refractivity contribution < 1.29 is 19.0 Å². The predicted octanol–water partition coefficient (Wildman–Crippen LogP) is 2.73. The first-order valence-corrected chi connectivity index (χ1v) is 12.6. The van der Waals surface area contributed by atoms with Gasteiger partial charge >= 0.3 is 5.69 Å². The Morgan fingerprint density at radius 3 is 2.21 bits per heavy atom. The lowest BCUT2D eigenvalue weighted by molar-refractivity contribution is 0.0746. The summed E-state index contributed by atoms with van der Waals surface area (Å²) in [5, 5.41) is 0.312. The highest BCUT2D eigenvalue weighted by atomic mass is 16.5. The molecule has 1 aliphatic rings. The summed E-state index contributed by atoms with van der Waals surface area (Å²) in [6.45, 7) is 2.72. The van der Waals surface area contributed by atoms with E-state index in [1.54, 1.807) is 43.5 Å². The van der Waals surface area contributed by atoms with Gasteiger partial charge in [-0.1, -0.05) is 18.2 Å². The highest BCUT2D eigenvalue weighted by Crippen LogP contribution is 2.29. The standard InChI is InChI=1S/C29H30N4O6/c1-37-22-6-4-5-21(15-22)31-11-13-32(14-12-31)27(34)20-9-7-19(8-10-20)18-33-28(35)23-16-25(38-2)26(39-3)17-24(23)30-29(33)36/h4-10,15-17H,11-14,18H2,1-3H3,(H,30,36). The van der Waals surface area contributed by atoms with E-state index in [2.05, 4.69) is 9.88 Å². The summed E-state index contributed by atoms with van der Waals surface area (Å²) in [6, 6.07) is 18.0. The Hall–Kier alpha value is -4.73. The molecule has 1 aromatic heterocycles. The van der Waals surface area contributed by atoms with Crippen molar-refractivity contribution in [2.75, 3.05) is 52.4 Å². The molecule has 39 heavy (non-hydrogen) atoms. The van der Waals surface area contributed by atoms with Crippen LogP contribution in [-0.2, 0) is 6.54 Å². The average Bonchev–Trinajstić information content (AvgIpc) is 2.98. The summed E-state index contributed by atoms with van der Waals surface area (Å²) >= 11 is 0. The molecular weight excluding hydrogens is 500 g/mol. The molecule has 0 bridgehead atoms. The number of aromatic nitrogens is 2. The van der Waals surface area contributed by atoms with E-state index in [1.165, 1.54) is 14.2 Å². The molecule has 0 radical (unpaired) electrons. The fourth-order valence-electron chi connectivity index (χ4n) is 4.82. The number of carbonyl (C=O) groups excluding carboxylic acids is 1. The van der Waals surface area contributed by atoms with Gasteiger partial charge in [-0.05, 0) is 35.9 Å². The number of amides is 1. The summed E-state index contributed by atoms with van der Waals surface area (Å²) in [5.74, 6) is 1.57. The van der Waals surface area contributed by atoms with Gasteiger partial charge in [0.15, 0.2) is 11.5 Å². The summed E-state index contributed by atoms with van der Waals surface area (Å²) in [6.07, 6.45) is 0. The van der Waals surface area contributed by atoms with E-state index in [4.69, 9.17) is 14.2 Å². The first kappa shape index (κ1) is 25.9. The van der Waals surface area contributed by atoms with Crippen LogP contribution in [0.25, 0.3) is 10.9 Å². The van der Waals surface area contributed by atoms with Crippen LogP contribution in [0.3, 0.4) is 0 Å². The van der Waals surface area contributed by atoms with Crippen molar-refractivity contribution in [3.8, 4) is 17.2 Å². The van der Waals surface area contributed by atoms with Crippen molar-refractivity contribution >= 4 is 22.5 Å². The van der Waals surface area contributed by atoms with Gasteiger partial charge in [-0.2, -0.15) is 0 Å². The molecule has 1 N–H and O–H groups in total. The number of fused-ring (bicyclic) bond motifs is 1. The fraction of sp³-hybridized carbons (Fsp3) is 0.276. The number of methoxy groups -OCH3 is 3. The number of nitrogens with one attached hydrogen (secondary N) is 1. The van der Waals surface area contributed by atoms with Gasteiger partial charge in [0.25, 0.3) is 11.5 Å². The summed E-state index contributed by atoms with van der Waals surface area (Å²) < 4.78 is 17.0. The van der Waals surface area contributed by atoms with Crippen LogP contribution in [0.4, 0.5) is 5.69 Å². The van der Waals surface area contributed by atoms with Crippen LogP contribution >= 0.6 is 0 Å². The van der Waals surface area contributed by atoms with Crippen LogP contribution in [0.5, 0.6) is 17.2 Å². The topological polar surface area (TPSA) is 106 Å². The zero-order chi connectivity index (χ0) is 27.5. The van der Waals surface area contributed by atoms with Crippen molar-refractivity contribution in [1.29, 1.82) is 0 Å². The number of aromatic amines is 1. The predicted molar refractivity (Wildman–Crippen MR) is 149 cm³/mol. The maximum absolute atomic E-state index is 13.1. The van der Waals surface area contributed by atoms with Gasteiger partial charge in [-0.25, -0.2) is 4.79 Å². The molecule has 1 aliphatic heterocycles. The molecule has 10 nitrogen and oxygen atoms in total. The molecule has 1 amide bonds. The van der Waals surface area contributed by atoms with E-state index in [1.807, 2.05) is 29.2 Å². The number of hydrogen-bond donors (Lipinski definition) is 1. The molecule has 3 aromatic carbocycles. The lowest BCUT2D eigenvalue weighted by Gasteiger charge is -2.36. The molecule has 2 heterocycles. The molecule has 5 rings (SSSR count). The number of H-pyrrole nitrogens is 1. The molecule has 202 valence electrons. The molecule has 0 atom stereocenters. The highest BCUT2D eigenvalue weighted by Gasteiger charge is 2.23. The molecule has 0 saturated carbocycles. The minimum Gasteiger partial charge on any atom is -0.497 e. The van der Waals surface area contributed by atoms with E-state index in [0.29, 0.717) is 41.1 Å². The number of piperazine rings is 1. The smallest absolute Gasteiger partial charge is 0.329 e. The molecule has 4 aromatic rings. The molecule has 1 fully saturated rings. The molecule has 10 heteroatoms. The Morgan fingerprint density at radius 2 is 1.54 bits per heavy atom. The largest absolute Gasteiger partial charge is 0.497 e. The van der Waals surface area contributed by atoms with E-state index in [9.17, 15) is 14.4 Å². The van der Waals surface area contributed by atoms with Crippen molar-refractivity contribution in [2.24, 2.45) is 0 Å². The maximum Gasteiger partial charge on any atom is 0.329 e. The number of anilines is 1. The summed E-state index contributed by atoms with van der Waals surface area (Å²) in [5.41, 5.74) is 1.75. The van der Waals surface area contributed by atoms with Crippen molar-refractivity contribution in [3.63, 3.8) is 0 Å². The van der Waals surface area contributed by atoms with Crippen LogP contribution in [0.2, 0.25) is 0 Å². The lowest BCUT2D eigenvalue weighted by atomic mass is 10.1. The quantitative estimate of drug-likeness (QED) is 0.392. The van der Waals surface area contributed by atoms with Gasteiger partial charge in [-0.3, -0.25) is 14.2 Å². The van der Waals surface area contributed by atoms with E-state index in [0.717, 1.165) is 34.7 Å². The molecular formula is C29H30N4O6. The van der Waals surface area contributed by atoms with Crippen LogP contribution in [-0.4, -0.2) is 67.9 Å². The molecule has 0 spiro atoms. The van der Waals surface area contributed by atoms with Crippen LogP contribution in [0.15, 0.2) is 70.3 Å². The highest BCUT2D eigenvalue weighted by molar-refractivity contribution is 5.94. The zero-order valence-corrected chi connectivity index (χ0v) is 22.1. The monoisotopic (exact) mass is 530 g/mol. The first-order valence-electron chi connectivity index (χ1n) is 12.6. The normalized spacial score (nSPS) is 13.4. The van der Waals surface area contributed by atoms with Gasteiger partial charge < -0.3 is 29.0 Å². The van der Waals surface area contributed by atoms with Gasteiger partial charge in [0, 0.05) is 49.6 Å². The first-order chi connectivity index (χ1) is 18.9. The Kier molecular flexibility index (Phi) is 7.27. The second-order valence-electron chi connectivity index (χ2n) is 9.25. The molecule has 0 unspecified atom stereocenters. The number of ether oxygens (including phenoxy) is 3. The van der Waals surface area contributed by atoms with Gasteiger partial charge in [0.05, 0.1) is 38.8 Å². The minimum atomic E-state index is -0.534. The van der Waals surface area contributed by atoms with Crippen LogP contribution in [0.1, 0.15) is 15.9 Å². The Bertz CT molecular complexity index is 1620. The van der Waals surface area contributed by atoms with E-state index >= 15 is 0 Å². The molecule has 0 aliphatic carbocycles. The number of benzene rings is 3. The second-order valence-corrected chi connectivity index (χ2v) is 9.25. The molecule has 1 saturated heterocycles. The third-order valence-corrected chi connectivity index (χ3v) is 7.01. The van der Waals surface area contributed by atoms with Gasteiger partial charge in [0.1, 0.15) is 5.75 Å².